The topological polar surface area (TPSA) is 61.8 Å². The van der Waals surface area contributed by atoms with Crippen molar-refractivity contribution in [3.63, 3.8) is 0 Å². The average Bonchev–Trinajstić information content (AvgIpc) is 2.99. The maximum absolute atomic E-state index is 10.4. The highest BCUT2D eigenvalue weighted by Crippen LogP contribution is 2.37. The van der Waals surface area contributed by atoms with Gasteiger partial charge in [-0.1, -0.05) is 18.2 Å². The van der Waals surface area contributed by atoms with Crippen LogP contribution in [-0.4, -0.2) is 29.2 Å². The fourth-order valence-corrected chi connectivity index (χ4v) is 3.56. The van der Waals surface area contributed by atoms with E-state index in [4.69, 9.17) is 5.73 Å². The van der Waals surface area contributed by atoms with Crippen molar-refractivity contribution in [2.75, 3.05) is 7.05 Å². The van der Waals surface area contributed by atoms with E-state index < -0.39 is 11.8 Å². The summed E-state index contributed by atoms with van der Waals surface area (Å²) in [6.07, 6.45) is -0.752. The molecule has 2 atom stereocenters. The van der Waals surface area contributed by atoms with Crippen LogP contribution in [0.25, 0.3) is 10.4 Å². The van der Waals surface area contributed by atoms with Crippen molar-refractivity contribution in [3.05, 3.63) is 46.8 Å². The number of benzene rings is 1. The van der Waals surface area contributed by atoms with Gasteiger partial charge in [0.25, 0.3) is 0 Å². The monoisotopic (exact) mass is 301 g/mol. The molecule has 1 aromatic carbocycles. The Morgan fingerprint density at radius 1 is 1.38 bits per heavy atom. The lowest BCUT2D eigenvalue weighted by molar-refractivity contribution is 0.0224. The number of aliphatic imine (C=N–C) groups is 1. The van der Waals surface area contributed by atoms with Gasteiger partial charge in [-0.05, 0) is 48.1 Å². The normalized spacial score (nSPS) is 25.2. The molecule has 0 radical (unpaired) electrons. The first-order valence-electron chi connectivity index (χ1n) is 6.84. The van der Waals surface area contributed by atoms with Crippen molar-refractivity contribution >= 4 is 17.3 Å². The van der Waals surface area contributed by atoms with E-state index >= 15 is 0 Å². The van der Waals surface area contributed by atoms with Gasteiger partial charge in [-0.25, -0.2) is 4.99 Å². The second-order valence-corrected chi connectivity index (χ2v) is 6.58. The zero-order chi connectivity index (χ0) is 15.2. The van der Waals surface area contributed by atoms with E-state index in [1.54, 1.807) is 23.3 Å². The number of rotatable bonds is 2. The Labute approximate surface area is 128 Å². The third kappa shape index (κ3) is 2.22. The average molecular weight is 301 g/mol. The van der Waals surface area contributed by atoms with E-state index in [9.17, 15) is 5.11 Å². The number of aliphatic hydroxyl groups excluding tert-OH is 1. The van der Waals surface area contributed by atoms with Crippen molar-refractivity contribution in [2.45, 2.75) is 25.6 Å². The minimum atomic E-state index is -0.752. The van der Waals surface area contributed by atoms with Crippen molar-refractivity contribution in [2.24, 2.45) is 10.7 Å². The molecule has 4 nitrogen and oxygen atoms in total. The number of nitrogens with two attached hydrogens (primary N) is 1. The molecule has 3 N–H and O–H groups in total. The first kappa shape index (κ1) is 14.1. The molecule has 0 amide bonds. The highest BCUT2D eigenvalue weighted by Gasteiger charge is 2.43. The van der Waals surface area contributed by atoms with Crippen molar-refractivity contribution < 1.29 is 5.11 Å². The van der Waals surface area contributed by atoms with Gasteiger partial charge in [0.2, 0.25) is 0 Å². The number of aryl methyl sites for hydroxylation is 1. The van der Waals surface area contributed by atoms with Gasteiger partial charge in [0.1, 0.15) is 5.54 Å². The molecule has 21 heavy (non-hydrogen) atoms. The summed E-state index contributed by atoms with van der Waals surface area (Å²) in [6, 6.07) is 10.3. The second kappa shape index (κ2) is 4.86. The van der Waals surface area contributed by atoms with Gasteiger partial charge < -0.3 is 15.7 Å². The molecule has 0 bridgehead atoms. The molecular weight excluding hydrogens is 282 g/mol. The van der Waals surface area contributed by atoms with Crippen LogP contribution < -0.4 is 5.73 Å². The number of likely N-dealkylation sites (N-methyl/N-ethyl adjacent to an activating group) is 1. The third-order valence-electron chi connectivity index (χ3n) is 4.04. The predicted octanol–water partition coefficient (Wildman–Crippen LogP) is 2.52. The Bertz CT molecular complexity index is 709. The lowest BCUT2D eigenvalue weighted by atomic mass is 9.90. The Morgan fingerprint density at radius 2 is 2.14 bits per heavy atom. The number of nitrogens with zero attached hydrogens (tertiary/aromatic N) is 2. The molecule has 3 rings (SSSR count). The van der Waals surface area contributed by atoms with Crippen LogP contribution in [-0.2, 0) is 5.54 Å². The number of aliphatic hydroxyl groups is 1. The lowest BCUT2D eigenvalue weighted by Gasteiger charge is -2.29. The fraction of sp³-hybridized carbons (Fsp3) is 0.312. The van der Waals surface area contributed by atoms with Crippen LogP contribution in [0.3, 0.4) is 0 Å². The lowest BCUT2D eigenvalue weighted by Crippen LogP contribution is -2.43. The van der Waals surface area contributed by atoms with Crippen LogP contribution >= 0.6 is 11.3 Å². The zero-order valence-electron chi connectivity index (χ0n) is 12.4. The fourth-order valence-electron chi connectivity index (χ4n) is 2.66. The molecule has 0 saturated heterocycles. The van der Waals surface area contributed by atoms with Crippen molar-refractivity contribution in [1.82, 2.24) is 4.90 Å². The van der Waals surface area contributed by atoms with Crippen LogP contribution in [0.2, 0.25) is 0 Å². The Balaban J connectivity index is 2.05. The summed E-state index contributed by atoms with van der Waals surface area (Å²) in [4.78, 5) is 7.28. The van der Waals surface area contributed by atoms with Gasteiger partial charge in [0, 0.05) is 11.9 Å². The van der Waals surface area contributed by atoms with E-state index in [-0.39, 0.29) is 0 Å². The minimum absolute atomic E-state index is 0.363. The van der Waals surface area contributed by atoms with Gasteiger partial charge in [-0.3, -0.25) is 0 Å². The second-order valence-electron chi connectivity index (χ2n) is 5.67. The first-order chi connectivity index (χ1) is 9.91. The molecule has 1 aliphatic rings. The highest BCUT2D eigenvalue weighted by atomic mass is 32.1. The van der Waals surface area contributed by atoms with Crippen LogP contribution in [0.1, 0.15) is 18.1 Å². The minimum Gasteiger partial charge on any atom is -0.371 e. The van der Waals surface area contributed by atoms with Gasteiger partial charge in [-0.15, -0.1) is 11.3 Å². The summed E-state index contributed by atoms with van der Waals surface area (Å²) in [5.41, 5.74) is 8.48. The van der Waals surface area contributed by atoms with E-state index in [1.807, 2.05) is 19.1 Å². The molecule has 0 aliphatic carbocycles. The molecule has 2 unspecified atom stereocenters. The summed E-state index contributed by atoms with van der Waals surface area (Å²) in [5.74, 6) is 0.363. The summed E-state index contributed by atoms with van der Waals surface area (Å²) >= 11 is 1.72. The molecule has 1 aromatic heterocycles. The number of hydrogen-bond acceptors (Lipinski definition) is 5. The molecule has 2 aromatic rings. The van der Waals surface area contributed by atoms with Crippen LogP contribution in [0, 0.1) is 6.92 Å². The number of hydrogen-bond donors (Lipinski definition) is 2. The SMILES string of the molecule is Cc1csc(-c2cccc(C3(C)N=C(N)N(C)C3O)c2)c1. The largest absolute Gasteiger partial charge is 0.371 e. The first-order valence-corrected chi connectivity index (χ1v) is 7.72. The summed E-state index contributed by atoms with van der Waals surface area (Å²) in [5, 5.41) is 12.6. The zero-order valence-corrected chi connectivity index (χ0v) is 13.2. The molecule has 110 valence electrons. The van der Waals surface area contributed by atoms with Gasteiger partial charge >= 0.3 is 0 Å². The summed E-state index contributed by atoms with van der Waals surface area (Å²) in [7, 11) is 1.75. The van der Waals surface area contributed by atoms with E-state index in [2.05, 4.69) is 35.5 Å². The maximum Gasteiger partial charge on any atom is 0.194 e. The Hall–Kier alpha value is -1.85. The molecular formula is C16H19N3OS. The van der Waals surface area contributed by atoms with Crippen LogP contribution in [0.15, 0.2) is 40.7 Å². The number of guanidine groups is 1. The van der Waals surface area contributed by atoms with E-state index in [1.165, 1.54) is 10.4 Å². The molecule has 0 fully saturated rings. The van der Waals surface area contributed by atoms with E-state index in [0.717, 1.165) is 11.1 Å². The smallest absolute Gasteiger partial charge is 0.194 e. The molecule has 2 heterocycles. The quantitative estimate of drug-likeness (QED) is 0.896. The maximum atomic E-state index is 10.4. The predicted molar refractivity (Wildman–Crippen MR) is 87.2 cm³/mol. The van der Waals surface area contributed by atoms with Crippen LogP contribution in [0.4, 0.5) is 0 Å². The molecule has 0 saturated carbocycles. The van der Waals surface area contributed by atoms with Gasteiger partial charge in [-0.2, -0.15) is 0 Å². The van der Waals surface area contributed by atoms with Crippen molar-refractivity contribution in [3.8, 4) is 10.4 Å². The summed E-state index contributed by atoms with van der Waals surface area (Å²) < 4.78 is 0. The molecule has 1 aliphatic heterocycles. The van der Waals surface area contributed by atoms with Crippen LogP contribution in [0.5, 0.6) is 0 Å². The number of thiophene rings is 1. The van der Waals surface area contributed by atoms with E-state index in [0.29, 0.717) is 5.96 Å². The Morgan fingerprint density at radius 3 is 2.71 bits per heavy atom. The molecule has 5 heteroatoms. The van der Waals surface area contributed by atoms with Gasteiger partial charge in [0.05, 0.1) is 0 Å². The molecule has 0 spiro atoms. The van der Waals surface area contributed by atoms with Crippen molar-refractivity contribution in [1.29, 1.82) is 0 Å². The highest BCUT2D eigenvalue weighted by molar-refractivity contribution is 7.13. The Kier molecular flexibility index (Phi) is 3.26. The standard InChI is InChI=1S/C16H19N3OS/c1-10-7-13(21-9-10)11-5-4-6-12(8-11)16(2)14(20)19(3)15(17)18-16/h4-9,14,20H,1-3H3,(H2,17,18). The summed E-state index contributed by atoms with van der Waals surface area (Å²) in [6.45, 7) is 4.00. The van der Waals surface area contributed by atoms with Gasteiger partial charge in [0.15, 0.2) is 12.2 Å². The third-order valence-corrected chi connectivity index (χ3v) is 5.14.